The molecular weight excluding hydrogens is 252 g/mol. The number of halogens is 1. The molecule has 1 amide bonds. The number of aromatic nitrogens is 1. The molecule has 0 bridgehead atoms. The average Bonchev–Trinajstić information content (AvgIpc) is 2.47. The normalized spacial score (nSPS) is 12.5. The molecule has 1 N–H and O–H groups in total. The predicted molar refractivity (Wildman–Crippen MR) is 57.1 cm³/mol. The van der Waals surface area contributed by atoms with Crippen LogP contribution < -0.4 is 5.32 Å². The third kappa shape index (κ3) is 3.44. The van der Waals surface area contributed by atoms with E-state index in [1.54, 1.807) is 18.3 Å². The van der Waals surface area contributed by atoms with Gasteiger partial charge in [0.1, 0.15) is 0 Å². The third-order valence-corrected chi connectivity index (χ3v) is 2.71. The lowest BCUT2D eigenvalue weighted by Gasteiger charge is -2.03. The van der Waals surface area contributed by atoms with Crippen LogP contribution in [0.3, 0.4) is 0 Å². The van der Waals surface area contributed by atoms with Crippen LogP contribution in [0, 0.1) is 6.92 Å². The zero-order valence-electron chi connectivity index (χ0n) is 7.50. The Bertz CT molecular complexity index is 298. The van der Waals surface area contributed by atoms with Gasteiger partial charge >= 0.3 is 0 Å². The Balaban J connectivity index is 2.39. The second kappa shape index (κ2) is 4.72. The van der Waals surface area contributed by atoms with Gasteiger partial charge in [-0.15, -0.1) is 11.3 Å². The van der Waals surface area contributed by atoms with Gasteiger partial charge in [0.2, 0.25) is 5.91 Å². The average molecular weight is 263 g/mol. The summed E-state index contributed by atoms with van der Waals surface area (Å²) in [4.78, 5) is 15.2. The fourth-order valence-electron chi connectivity index (χ4n) is 0.808. The molecule has 0 fully saturated rings. The van der Waals surface area contributed by atoms with E-state index in [0.717, 1.165) is 10.7 Å². The van der Waals surface area contributed by atoms with E-state index in [-0.39, 0.29) is 10.7 Å². The number of alkyl halides is 1. The minimum atomic E-state index is -0.146. The summed E-state index contributed by atoms with van der Waals surface area (Å²) in [6.45, 7) is 4.25. The molecule has 1 heterocycles. The van der Waals surface area contributed by atoms with Gasteiger partial charge in [-0.1, -0.05) is 15.9 Å². The van der Waals surface area contributed by atoms with Gasteiger partial charge < -0.3 is 5.32 Å². The van der Waals surface area contributed by atoms with Gasteiger partial charge in [-0.25, -0.2) is 4.98 Å². The van der Waals surface area contributed by atoms with Crippen molar-refractivity contribution in [3.05, 3.63) is 16.1 Å². The van der Waals surface area contributed by atoms with Crippen LogP contribution in [0.1, 0.15) is 17.6 Å². The van der Waals surface area contributed by atoms with E-state index in [9.17, 15) is 4.79 Å². The first-order valence-electron chi connectivity index (χ1n) is 3.92. The van der Waals surface area contributed by atoms with Gasteiger partial charge in [0.15, 0.2) is 0 Å². The molecule has 1 rings (SSSR count). The summed E-state index contributed by atoms with van der Waals surface area (Å²) in [5.74, 6) is -0.00865. The van der Waals surface area contributed by atoms with Gasteiger partial charge in [0.25, 0.3) is 0 Å². The van der Waals surface area contributed by atoms with Gasteiger partial charge in [-0.2, -0.15) is 0 Å². The van der Waals surface area contributed by atoms with Crippen molar-refractivity contribution in [1.82, 2.24) is 10.3 Å². The van der Waals surface area contributed by atoms with E-state index in [1.165, 1.54) is 0 Å². The number of carbonyl (C=O) groups is 1. The standard InChI is InChI=1S/C8H11BrN2OS/c1-5(9)8(12)10-3-7-4-13-6(2)11-7/h4-5H,3H2,1-2H3,(H,10,12). The molecule has 0 aromatic carbocycles. The first-order chi connectivity index (χ1) is 6.09. The molecule has 0 saturated heterocycles. The lowest BCUT2D eigenvalue weighted by atomic mass is 10.4. The van der Waals surface area contributed by atoms with Crippen LogP contribution in [0.2, 0.25) is 0 Å². The van der Waals surface area contributed by atoms with Crippen molar-refractivity contribution in [2.24, 2.45) is 0 Å². The van der Waals surface area contributed by atoms with Gasteiger partial charge in [-0.05, 0) is 13.8 Å². The molecule has 0 saturated carbocycles. The maximum atomic E-state index is 11.1. The second-order valence-corrected chi connectivity index (χ2v) is 5.13. The summed E-state index contributed by atoms with van der Waals surface area (Å²) in [6, 6.07) is 0. The molecule has 1 aromatic rings. The Morgan fingerprint density at radius 1 is 1.85 bits per heavy atom. The highest BCUT2D eigenvalue weighted by Crippen LogP contribution is 2.07. The lowest BCUT2D eigenvalue weighted by molar-refractivity contribution is -0.120. The zero-order chi connectivity index (χ0) is 9.84. The van der Waals surface area contributed by atoms with Crippen molar-refractivity contribution in [2.75, 3.05) is 0 Å². The number of amides is 1. The Hall–Kier alpha value is -0.420. The summed E-state index contributed by atoms with van der Waals surface area (Å²) in [5, 5.41) is 5.75. The fourth-order valence-corrected chi connectivity index (χ4v) is 1.58. The SMILES string of the molecule is Cc1nc(CNC(=O)C(C)Br)cs1. The molecule has 0 aliphatic rings. The van der Waals surface area contributed by atoms with Crippen molar-refractivity contribution in [3.63, 3.8) is 0 Å². The number of nitrogens with one attached hydrogen (secondary N) is 1. The van der Waals surface area contributed by atoms with Crippen LogP contribution in [-0.4, -0.2) is 15.7 Å². The highest BCUT2D eigenvalue weighted by molar-refractivity contribution is 9.10. The summed E-state index contributed by atoms with van der Waals surface area (Å²) in [7, 11) is 0. The molecule has 1 aromatic heterocycles. The minimum absolute atomic E-state index is 0.00865. The van der Waals surface area contributed by atoms with Crippen molar-refractivity contribution in [3.8, 4) is 0 Å². The number of rotatable bonds is 3. The summed E-state index contributed by atoms with van der Waals surface area (Å²) >= 11 is 4.78. The minimum Gasteiger partial charge on any atom is -0.349 e. The molecule has 0 aliphatic carbocycles. The van der Waals surface area contributed by atoms with Crippen LogP contribution in [0.25, 0.3) is 0 Å². The van der Waals surface area contributed by atoms with E-state index in [1.807, 2.05) is 12.3 Å². The molecule has 5 heteroatoms. The zero-order valence-corrected chi connectivity index (χ0v) is 9.91. The highest BCUT2D eigenvalue weighted by atomic mass is 79.9. The quantitative estimate of drug-likeness (QED) is 0.846. The van der Waals surface area contributed by atoms with E-state index in [0.29, 0.717) is 6.54 Å². The maximum absolute atomic E-state index is 11.1. The summed E-state index contributed by atoms with van der Waals surface area (Å²) in [6.07, 6.45) is 0. The Kier molecular flexibility index (Phi) is 3.87. The maximum Gasteiger partial charge on any atom is 0.233 e. The monoisotopic (exact) mass is 262 g/mol. The van der Waals surface area contributed by atoms with E-state index >= 15 is 0 Å². The van der Waals surface area contributed by atoms with E-state index in [2.05, 4.69) is 26.2 Å². The molecule has 0 radical (unpaired) electrons. The van der Waals surface area contributed by atoms with Crippen LogP contribution in [0.15, 0.2) is 5.38 Å². The molecule has 1 unspecified atom stereocenters. The largest absolute Gasteiger partial charge is 0.349 e. The van der Waals surface area contributed by atoms with Gasteiger partial charge in [0.05, 0.1) is 22.1 Å². The van der Waals surface area contributed by atoms with E-state index < -0.39 is 0 Å². The fraction of sp³-hybridized carbons (Fsp3) is 0.500. The smallest absolute Gasteiger partial charge is 0.233 e. The highest BCUT2D eigenvalue weighted by Gasteiger charge is 2.08. The number of carbonyl (C=O) groups excluding carboxylic acids is 1. The number of aryl methyl sites for hydroxylation is 1. The Morgan fingerprint density at radius 2 is 2.54 bits per heavy atom. The molecule has 1 atom stereocenters. The van der Waals surface area contributed by atoms with Gasteiger partial charge in [-0.3, -0.25) is 4.79 Å². The van der Waals surface area contributed by atoms with Crippen LogP contribution in [0.5, 0.6) is 0 Å². The molecule has 3 nitrogen and oxygen atoms in total. The molecule has 0 aliphatic heterocycles. The van der Waals surface area contributed by atoms with Crippen LogP contribution in [-0.2, 0) is 11.3 Å². The second-order valence-electron chi connectivity index (χ2n) is 2.69. The third-order valence-electron chi connectivity index (χ3n) is 1.47. The summed E-state index contributed by atoms with van der Waals surface area (Å²) < 4.78 is 0. The number of thiazole rings is 1. The molecule has 13 heavy (non-hydrogen) atoms. The predicted octanol–water partition coefficient (Wildman–Crippen LogP) is 1.85. The van der Waals surface area contributed by atoms with Crippen LogP contribution >= 0.6 is 27.3 Å². The topological polar surface area (TPSA) is 42.0 Å². The van der Waals surface area contributed by atoms with Crippen molar-refractivity contribution < 1.29 is 4.79 Å². The van der Waals surface area contributed by atoms with Crippen molar-refractivity contribution in [2.45, 2.75) is 25.2 Å². The van der Waals surface area contributed by atoms with Crippen molar-refractivity contribution in [1.29, 1.82) is 0 Å². The number of nitrogens with zero attached hydrogens (tertiary/aromatic N) is 1. The molecule has 72 valence electrons. The Labute approximate surface area is 89.7 Å². The lowest BCUT2D eigenvalue weighted by Crippen LogP contribution is -2.28. The van der Waals surface area contributed by atoms with Crippen LogP contribution in [0.4, 0.5) is 0 Å². The Morgan fingerprint density at radius 3 is 3.00 bits per heavy atom. The first-order valence-corrected chi connectivity index (χ1v) is 5.72. The molecule has 0 spiro atoms. The summed E-state index contributed by atoms with van der Waals surface area (Å²) in [5.41, 5.74) is 0.920. The number of hydrogen-bond acceptors (Lipinski definition) is 3. The molecular formula is C8H11BrN2OS. The van der Waals surface area contributed by atoms with E-state index in [4.69, 9.17) is 0 Å². The first kappa shape index (κ1) is 10.7. The number of hydrogen-bond donors (Lipinski definition) is 1. The van der Waals surface area contributed by atoms with Gasteiger partial charge in [0, 0.05) is 5.38 Å². The van der Waals surface area contributed by atoms with Crippen molar-refractivity contribution >= 4 is 33.2 Å².